The van der Waals surface area contributed by atoms with Gasteiger partial charge in [-0.25, -0.2) is 0 Å². The first-order valence-corrected chi connectivity index (χ1v) is 5.36. The van der Waals surface area contributed by atoms with Crippen LogP contribution in [0.1, 0.15) is 12.0 Å². The predicted octanol–water partition coefficient (Wildman–Crippen LogP) is 1.87. The zero-order valence-corrected chi connectivity index (χ0v) is 8.87. The predicted molar refractivity (Wildman–Crippen MR) is 59.3 cm³/mol. The Bertz CT molecular complexity index is 295. The van der Waals surface area contributed by atoms with E-state index in [1.807, 2.05) is 12.1 Å². The molecule has 0 bridgehead atoms. The average molecular weight is 211 g/mol. The topological polar surface area (TPSA) is 29.3 Å². The molecular weight excluding hydrogens is 196 g/mol. The first-order valence-electron chi connectivity index (χ1n) is 4.98. The smallest absolute Gasteiger partial charge is 0.0406 e. The van der Waals surface area contributed by atoms with Crippen LogP contribution in [0.4, 0.5) is 0 Å². The van der Waals surface area contributed by atoms with Crippen LogP contribution in [-0.2, 0) is 6.54 Å². The molecule has 1 atom stereocenters. The van der Waals surface area contributed by atoms with E-state index in [4.69, 9.17) is 17.3 Å². The maximum atomic E-state index is 5.82. The van der Waals surface area contributed by atoms with Gasteiger partial charge in [-0.15, -0.1) is 0 Å². The number of nitrogens with zero attached hydrogens (tertiary/aromatic N) is 1. The van der Waals surface area contributed by atoms with Gasteiger partial charge in [-0.05, 0) is 24.1 Å². The van der Waals surface area contributed by atoms with Crippen molar-refractivity contribution in [2.45, 2.75) is 19.0 Å². The lowest BCUT2D eigenvalue weighted by atomic mass is 10.0. The van der Waals surface area contributed by atoms with Crippen LogP contribution in [0.15, 0.2) is 24.3 Å². The molecule has 0 spiro atoms. The zero-order chi connectivity index (χ0) is 9.97. The highest BCUT2D eigenvalue weighted by Crippen LogP contribution is 2.20. The molecule has 76 valence electrons. The third-order valence-corrected chi connectivity index (χ3v) is 3.09. The fourth-order valence-electron chi connectivity index (χ4n) is 1.79. The van der Waals surface area contributed by atoms with E-state index in [0.717, 1.165) is 18.1 Å². The molecule has 3 heteroatoms. The number of halogens is 1. The Hall–Kier alpha value is -0.570. The molecule has 2 N–H and O–H groups in total. The van der Waals surface area contributed by atoms with Crippen molar-refractivity contribution in [3.63, 3.8) is 0 Å². The molecule has 1 heterocycles. The minimum Gasteiger partial charge on any atom is -0.329 e. The Balaban J connectivity index is 1.94. The maximum absolute atomic E-state index is 5.82. The van der Waals surface area contributed by atoms with E-state index in [0.29, 0.717) is 6.04 Å². The third-order valence-electron chi connectivity index (χ3n) is 2.84. The fraction of sp³-hybridized carbons (Fsp3) is 0.455. The summed E-state index contributed by atoms with van der Waals surface area (Å²) >= 11 is 5.82. The van der Waals surface area contributed by atoms with Crippen LogP contribution >= 0.6 is 11.6 Å². The molecule has 1 aromatic rings. The number of rotatable bonds is 3. The summed E-state index contributed by atoms with van der Waals surface area (Å²) in [5.41, 5.74) is 6.95. The molecule has 1 saturated heterocycles. The van der Waals surface area contributed by atoms with Gasteiger partial charge in [-0.1, -0.05) is 23.7 Å². The Morgan fingerprint density at radius 3 is 2.57 bits per heavy atom. The number of benzene rings is 1. The monoisotopic (exact) mass is 210 g/mol. The Morgan fingerprint density at radius 2 is 2.07 bits per heavy atom. The van der Waals surface area contributed by atoms with Crippen molar-refractivity contribution in [3.8, 4) is 0 Å². The van der Waals surface area contributed by atoms with E-state index in [9.17, 15) is 0 Å². The highest BCUT2D eigenvalue weighted by Gasteiger charge is 2.25. The van der Waals surface area contributed by atoms with Crippen molar-refractivity contribution in [2.24, 2.45) is 5.73 Å². The van der Waals surface area contributed by atoms with Crippen LogP contribution in [-0.4, -0.2) is 24.0 Å². The molecule has 1 aliphatic rings. The molecule has 0 saturated carbocycles. The normalized spacial score (nSPS) is 22.0. The number of hydrogen-bond donors (Lipinski definition) is 1. The summed E-state index contributed by atoms with van der Waals surface area (Å²) in [6.07, 6.45) is 1.24. The summed E-state index contributed by atoms with van der Waals surface area (Å²) in [5, 5.41) is 0.799. The number of likely N-dealkylation sites (tertiary alicyclic amines) is 1. The van der Waals surface area contributed by atoms with Crippen molar-refractivity contribution in [2.75, 3.05) is 13.1 Å². The van der Waals surface area contributed by atoms with Gasteiger partial charge in [0, 0.05) is 30.7 Å². The Labute approximate surface area is 89.7 Å². The fourth-order valence-corrected chi connectivity index (χ4v) is 1.92. The second kappa shape index (κ2) is 4.30. The highest BCUT2D eigenvalue weighted by molar-refractivity contribution is 6.30. The summed E-state index contributed by atoms with van der Waals surface area (Å²) in [5.74, 6) is 0. The molecule has 1 unspecified atom stereocenters. The zero-order valence-electron chi connectivity index (χ0n) is 8.12. The molecule has 1 aromatic carbocycles. The molecule has 0 amide bonds. The lowest BCUT2D eigenvalue weighted by Gasteiger charge is -2.40. The molecule has 1 fully saturated rings. The Kier molecular flexibility index (Phi) is 3.06. The van der Waals surface area contributed by atoms with E-state index in [1.54, 1.807) is 0 Å². The van der Waals surface area contributed by atoms with Crippen molar-refractivity contribution in [1.82, 2.24) is 4.90 Å². The molecule has 2 nitrogen and oxygen atoms in total. The molecule has 14 heavy (non-hydrogen) atoms. The molecule has 1 aliphatic heterocycles. The molecule has 0 aliphatic carbocycles. The van der Waals surface area contributed by atoms with Crippen LogP contribution < -0.4 is 5.73 Å². The van der Waals surface area contributed by atoms with Gasteiger partial charge in [0.2, 0.25) is 0 Å². The maximum Gasteiger partial charge on any atom is 0.0406 e. The molecule has 0 aromatic heterocycles. The van der Waals surface area contributed by atoms with Gasteiger partial charge in [-0.3, -0.25) is 4.90 Å². The second-order valence-electron chi connectivity index (χ2n) is 3.78. The van der Waals surface area contributed by atoms with Gasteiger partial charge < -0.3 is 5.73 Å². The van der Waals surface area contributed by atoms with E-state index in [2.05, 4.69) is 17.0 Å². The van der Waals surface area contributed by atoms with Gasteiger partial charge in [0.25, 0.3) is 0 Å². The first kappa shape index (κ1) is 9.97. The highest BCUT2D eigenvalue weighted by atomic mass is 35.5. The summed E-state index contributed by atoms with van der Waals surface area (Å²) in [4.78, 5) is 2.41. The van der Waals surface area contributed by atoms with E-state index < -0.39 is 0 Å². The molecular formula is C11H15ClN2. The van der Waals surface area contributed by atoms with E-state index in [-0.39, 0.29) is 0 Å². The van der Waals surface area contributed by atoms with Crippen LogP contribution in [0.2, 0.25) is 5.02 Å². The summed E-state index contributed by atoms with van der Waals surface area (Å²) < 4.78 is 0. The second-order valence-corrected chi connectivity index (χ2v) is 4.21. The van der Waals surface area contributed by atoms with E-state index in [1.165, 1.54) is 18.5 Å². The third kappa shape index (κ3) is 2.08. The van der Waals surface area contributed by atoms with Gasteiger partial charge in [0.1, 0.15) is 0 Å². The SMILES string of the molecule is NCC1CCN1Cc1ccc(Cl)cc1. The van der Waals surface area contributed by atoms with Crippen molar-refractivity contribution in [3.05, 3.63) is 34.9 Å². The summed E-state index contributed by atoms with van der Waals surface area (Å²) in [6, 6.07) is 8.62. The number of hydrogen-bond acceptors (Lipinski definition) is 2. The Morgan fingerprint density at radius 1 is 1.36 bits per heavy atom. The van der Waals surface area contributed by atoms with Crippen LogP contribution in [0, 0.1) is 0 Å². The van der Waals surface area contributed by atoms with E-state index >= 15 is 0 Å². The lowest BCUT2D eigenvalue weighted by molar-refractivity contribution is 0.0882. The van der Waals surface area contributed by atoms with Gasteiger partial charge >= 0.3 is 0 Å². The summed E-state index contributed by atoms with van der Waals surface area (Å²) in [6.45, 7) is 2.94. The largest absolute Gasteiger partial charge is 0.329 e. The molecule has 0 radical (unpaired) electrons. The first-order chi connectivity index (χ1) is 6.79. The number of nitrogens with two attached hydrogens (primary N) is 1. The van der Waals surface area contributed by atoms with Crippen molar-refractivity contribution in [1.29, 1.82) is 0 Å². The van der Waals surface area contributed by atoms with Crippen LogP contribution in [0.5, 0.6) is 0 Å². The standard InChI is InChI=1S/C11H15ClN2/c12-10-3-1-9(2-4-10)8-14-6-5-11(14)7-13/h1-4,11H,5-8,13H2. The van der Waals surface area contributed by atoms with Crippen molar-refractivity contribution < 1.29 is 0 Å². The summed E-state index contributed by atoms with van der Waals surface area (Å²) in [7, 11) is 0. The molecule has 2 rings (SSSR count). The minimum atomic E-state index is 0.589. The van der Waals surface area contributed by atoms with Gasteiger partial charge in [0.15, 0.2) is 0 Å². The van der Waals surface area contributed by atoms with Gasteiger partial charge in [0.05, 0.1) is 0 Å². The van der Waals surface area contributed by atoms with Gasteiger partial charge in [-0.2, -0.15) is 0 Å². The van der Waals surface area contributed by atoms with Crippen LogP contribution in [0.25, 0.3) is 0 Å². The van der Waals surface area contributed by atoms with Crippen molar-refractivity contribution >= 4 is 11.6 Å². The quantitative estimate of drug-likeness (QED) is 0.826. The minimum absolute atomic E-state index is 0.589. The van der Waals surface area contributed by atoms with Crippen LogP contribution in [0.3, 0.4) is 0 Å². The lowest BCUT2D eigenvalue weighted by Crippen LogP contribution is -2.50. The average Bonchev–Trinajstić information content (AvgIpc) is 2.16.